The third kappa shape index (κ3) is 3.39. The molecular formula is C23H23N5O. The van der Waals surface area contributed by atoms with Crippen LogP contribution in [-0.2, 0) is 7.05 Å². The molecular weight excluding hydrogens is 362 g/mol. The summed E-state index contributed by atoms with van der Waals surface area (Å²) >= 11 is 0. The maximum Gasteiger partial charge on any atom is 0.297 e. The minimum atomic E-state index is -0.142. The maximum absolute atomic E-state index is 13.2. The lowest BCUT2D eigenvalue weighted by molar-refractivity contribution is 0.630. The van der Waals surface area contributed by atoms with Crippen molar-refractivity contribution in [1.82, 2.24) is 9.36 Å². The molecule has 3 aromatic rings. The van der Waals surface area contributed by atoms with E-state index < -0.39 is 0 Å². The van der Waals surface area contributed by atoms with Gasteiger partial charge in [0.1, 0.15) is 0 Å². The van der Waals surface area contributed by atoms with Crippen molar-refractivity contribution in [3.05, 3.63) is 93.9 Å². The largest absolute Gasteiger partial charge is 0.329 e. The topological polar surface area (TPSA) is 77.7 Å². The number of fused-ring (bicyclic) bond motifs is 1. The quantitative estimate of drug-likeness (QED) is 0.750. The second kappa shape index (κ2) is 7.85. The molecule has 0 atom stereocenters. The third-order valence-corrected chi connectivity index (χ3v) is 5.05. The minimum absolute atomic E-state index is 0.142. The van der Waals surface area contributed by atoms with Crippen LogP contribution < -0.4 is 11.3 Å². The molecule has 4 rings (SSSR count). The highest BCUT2D eigenvalue weighted by molar-refractivity contribution is 6.26. The zero-order chi connectivity index (χ0) is 20.4. The Kier molecular flexibility index (Phi) is 5.10. The first-order chi connectivity index (χ1) is 14.1. The number of nitrogens with two attached hydrogens (primary N) is 1. The van der Waals surface area contributed by atoms with Crippen LogP contribution in [0, 0.1) is 6.92 Å². The minimum Gasteiger partial charge on any atom is -0.329 e. The van der Waals surface area contributed by atoms with Gasteiger partial charge in [-0.25, -0.2) is 9.67 Å². The summed E-state index contributed by atoms with van der Waals surface area (Å²) in [7, 11) is 1.87. The summed E-state index contributed by atoms with van der Waals surface area (Å²) < 4.78 is 3.48. The van der Waals surface area contributed by atoms with E-state index in [0.717, 1.165) is 33.9 Å². The molecule has 0 saturated heterocycles. The Hall–Kier alpha value is -3.51. The van der Waals surface area contributed by atoms with Gasteiger partial charge in [-0.05, 0) is 31.2 Å². The van der Waals surface area contributed by atoms with Gasteiger partial charge in [0.15, 0.2) is 5.69 Å². The molecule has 0 saturated carbocycles. The second-order valence-electron chi connectivity index (χ2n) is 6.84. The van der Waals surface area contributed by atoms with Crippen molar-refractivity contribution in [3.8, 4) is 5.69 Å². The van der Waals surface area contributed by atoms with E-state index in [1.165, 1.54) is 0 Å². The second-order valence-corrected chi connectivity index (χ2v) is 6.84. The smallest absolute Gasteiger partial charge is 0.297 e. The van der Waals surface area contributed by atoms with Crippen LogP contribution in [0.15, 0.2) is 81.5 Å². The Bertz CT molecular complexity index is 1200. The first-order valence-electron chi connectivity index (χ1n) is 9.57. The van der Waals surface area contributed by atoms with Gasteiger partial charge in [0.25, 0.3) is 5.56 Å². The van der Waals surface area contributed by atoms with Crippen LogP contribution in [0.4, 0.5) is 5.69 Å². The summed E-state index contributed by atoms with van der Waals surface area (Å²) in [6, 6.07) is 17.5. The first kappa shape index (κ1) is 18.8. The zero-order valence-corrected chi connectivity index (χ0v) is 16.5. The van der Waals surface area contributed by atoms with Gasteiger partial charge in [0, 0.05) is 24.7 Å². The van der Waals surface area contributed by atoms with E-state index in [0.29, 0.717) is 18.8 Å². The maximum atomic E-state index is 13.2. The van der Waals surface area contributed by atoms with Crippen LogP contribution in [0.1, 0.15) is 16.8 Å². The molecule has 0 aliphatic heterocycles. The average molecular weight is 385 g/mol. The van der Waals surface area contributed by atoms with Crippen LogP contribution in [0.2, 0.25) is 0 Å². The fourth-order valence-corrected chi connectivity index (χ4v) is 3.49. The molecule has 0 amide bonds. The number of aromatic nitrogens is 2. The number of para-hydroxylation sites is 1. The Morgan fingerprint density at radius 3 is 2.24 bits per heavy atom. The van der Waals surface area contributed by atoms with E-state index >= 15 is 0 Å². The average Bonchev–Trinajstić information content (AvgIpc) is 2.97. The molecule has 1 heterocycles. The summed E-state index contributed by atoms with van der Waals surface area (Å²) in [5, 5.41) is 0. The highest BCUT2D eigenvalue weighted by atomic mass is 16.1. The Labute approximate surface area is 169 Å². The predicted octanol–water partition coefficient (Wildman–Crippen LogP) is 2.92. The van der Waals surface area contributed by atoms with Crippen LogP contribution in [0.3, 0.4) is 0 Å². The molecule has 0 fully saturated rings. The van der Waals surface area contributed by atoms with Gasteiger partial charge < -0.3 is 5.73 Å². The van der Waals surface area contributed by atoms with Crippen molar-refractivity contribution in [2.45, 2.75) is 6.92 Å². The Balaban J connectivity index is 1.85. The standard InChI is InChI=1S/C23H23N5O/c1-16-22(23(29)28(27(16)2)17-8-4-3-5-9-17)26-21-13-12-20(25-15-14-24)18-10-6-7-11-19(18)21/h3-13H,14-15,24H2,1-2H3. The Morgan fingerprint density at radius 2 is 1.55 bits per heavy atom. The molecule has 2 N–H and O–H groups in total. The van der Waals surface area contributed by atoms with Crippen molar-refractivity contribution in [2.75, 3.05) is 13.1 Å². The lowest BCUT2D eigenvalue weighted by Gasteiger charge is -2.14. The Morgan fingerprint density at radius 1 is 0.931 bits per heavy atom. The van der Waals surface area contributed by atoms with E-state index in [2.05, 4.69) is 4.99 Å². The van der Waals surface area contributed by atoms with Gasteiger partial charge >= 0.3 is 0 Å². The monoisotopic (exact) mass is 385 g/mol. The molecule has 0 unspecified atom stereocenters. The van der Waals surface area contributed by atoms with Gasteiger partial charge in [0.2, 0.25) is 0 Å². The van der Waals surface area contributed by atoms with E-state index in [-0.39, 0.29) is 5.56 Å². The van der Waals surface area contributed by atoms with Gasteiger partial charge in [-0.3, -0.25) is 14.5 Å². The van der Waals surface area contributed by atoms with Crippen LogP contribution in [-0.4, -0.2) is 33.9 Å². The SMILES string of the molecule is Cc1c(N=C2C=CC(=NCCN)c3ccccc32)c(=O)n(-c2ccccc2)n1C. The number of nitrogens with zero attached hydrogens (tertiary/aromatic N) is 4. The molecule has 1 aliphatic carbocycles. The van der Waals surface area contributed by atoms with E-state index in [4.69, 9.17) is 10.7 Å². The number of aliphatic imine (C=N–C) groups is 2. The lowest BCUT2D eigenvalue weighted by Crippen LogP contribution is -2.19. The van der Waals surface area contributed by atoms with E-state index in [1.54, 1.807) is 4.68 Å². The molecule has 6 heteroatoms. The highest BCUT2D eigenvalue weighted by Gasteiger charge is 2.19. The summed E-state index contributed by atoms with van der Waals surface area (Å²) in [5.41, 5.74) is 11.1. The number of hydrogen-bond donors (Lipinski definition) is 1. The number of rotatable bonds is 4. The first-order valence-corrected chi connectivity index (χ1v) is 9.57. The summed E-state index contributed by atoms with van der Waals surface area (Å²) in [6.45, 7) is 2.98. The molecule has 0 bridgehead atoms. The number of hydrogen-bond acceptors (Lipinski definition) is 4. The van der Waals surface area contributed by atoms with Gasteiger partial charge in [-0.2, -0.15) is 0 Å². The van der Waals surface area contributed by atoms with Crippen LogP contribution in [0.5, 0.6) is 0 Å². The van der Waals surface area contributed by atoms with Crippen molar-refractivity contribution in [1.29, 1.82) is 0 Å². The normalized spacial score (nSPS) is 15.8. The third-order valence-electron chi connectivity index (χ3n) is 5.05. The number of allylic oxidation sites excluding steroid dienone is 2. The van der Waals surface area contributed by atoms with Crippen molar-refractivity contribution >= 4 is 17.1 Å². The summed E-state index contributed by atoms with van der Waals surface area (Å²) in [4.78, 5) is 22.5. The fourth-order valence-electron chi connectivity index (χ4n) is 3.49. The van der Waals surface area contributed by atoms with Crippen molar-refractivity contribution < 1.29 is 0 Å². The van der Waals surface area contributed by atoms with Crippen LogP contribution in [0.25, 0.3) is 5.69 Å². The fraction of sp³-hybridized carbons (Fsp3) is 0.174. The molecule has 146 valence electrons. The zero-order valence-electron chi connectivity index (χ0n) is 16.5. The van der Waals surface area contributed by atoms with Gasteiger partial charge in [-0.1, -0.05) is 42.5 Å². The molecule has 0 spiro atoms. The molecule has 29 heavy (non-hydrogen) atoms. The van der Waals surface area contributed by atoms with Gasteiger partial charge in [-0.15, -0.1) is 0 Å². The van der Waals surface area contributed by atoms with Crippen molar-refractivity contribution in [3.63, 3.8) is 0 Å². The van der Waals surface area contributed by atoms with Crippen molar-refractivity contribution in [2.24, 2.45) is 22.8 Å². The predicted molar refractivity (Wildman–Crippen MR) is 118 cm³/mol. The van der Waals surface area contributed by atoms with E-state index in [9.17, 15) is 4.79 Å². The molecule has 2 aromatic carbocycles. The van der Waals surface area contributed by atoms with Crippen LogP contribution >= 0.6 is 0 Å². The highest BCUT2D eigenvalue weighted by Crippen LogP contribution is 2.23. The molecule has 0 radical (unpaired) electrons. The van der Waals surface area contributed by atoms with Gasteiger partial charge in [0.05, 0.1) is 29.3 Å². The molecule has 1 aromatic heterocycles. The van der Waals surface area contributed by atoms with E-state index in [1.807, 2.05) is 85.4 Å². The summed E-state index contributed by atoms with van der Waals surface area (Å²) in [6.07, 6.45) is 3.85. The summed E-state index contributed by atoms with van der Waals surface area (Å²) in [5.74, 6) is 0. The molecule has 1 aliphatic rings. The lowest BCUT2D eigenvalue weighted by atomic mass is 9.93. The molecule has 6 nitrogen and oxygen atoms in total. The number of benzene rings is 2.